The van der Waals surface area contributed by atoms with Gasteiger partial charge < -0.3 is 5.11 Å². The average molecular weight is 271 g/mol. The molecule has 1 aromatic carbocycles. The fraction of sp³-hybridized carbons (Fsp3) is 0.538. The van der Waals surface area contributed by atoms with Gasteiger partial charge in [0, 0.05) is 12.1 Å². The van der Waals surface area contributed by atoms with E-state index in [1.807, 2.05) is 0 Å². The average Bonchev–Trinajstić information content (AvgIpc) is 2.23. The number of aliphatic hydroxyl groups excluding tert-OH is 1. The third-order valence-corrected chi connectivity index (χ3v) is 4.07. The van der Waals surface area contributed by atoms with Gasteiger partial charge in [-0.2, -0.15) is 0 Å². The van der Waals surface area contributed by atoms with Crippen molar-refractivity contribution < 1.29 is 13.5 Å². The van der Waals surface area contributed by atoms with Crippen molar-refractivity contribution in [3.63, 3.8) is 0 Å². The molecular weight excluding hydrogens is 250 g/mol. The second kappa shape index (κ2) is 5.82. The largest absolute Gasteiger partial charge is 0.396 e. The summed E-state index contributed by atoms with van der Waals surface area (Å²) in [4.78, 5) is 0.269. The number of hydrogen-bond acceptors (Lipinski definition) is 3. The fourth-order valence-corrected chi connectivity index (χ4v) is 3.00. The maximum atomic E-state index is 12.0. The van der Waals surface area contributed by atoms with E-state index < -0.39 is 15.6 Å². The van der Waals surface area contributed by atoms with Gasteiger partial charge in [0.15, 0.2) is 0 Å². The predicted octanol–water partition coefficient (Wildman–Crippen LogP) is 1.69. The quantitative estimate of drug-likeness (QED) is 0.856. The minimum absolute atomic E-state index is 0.144. The Morgan fingerprint density at radius 2 is 1.72 bits per heavy atom. The predicted molar refractivity (Wildman–Crippen MR) is 71.9 cm³/mol. The summed E-state index contributed by atoms with van der Waals surface area (Å²) in [6, 6.07) is 6.77. The number of sulfonamides is 1. The normalized spacial score (nSPS) is 12.7. The third kappa shape index (κ3) is 4.76. The van der Waals surface area contributed by atoms with Crippen LogP contribution in [0.3, 0.4) is 0 Å². The van der Waals surface area contributed by atoms with E-state index in [1.54, 1.807) is 45.0 Å². The number of benzene rings is 1. The van der Waals surface area contributed by atoms with Crippen LogP contribution in [-0.2, 0) is 16.4 Å². The number of aliphatic hydroxyl groups is 1. The zero-order valence-electron chi connectivity index (χ0n) is 11.1. The molecule has 0 heterocycles. The minimum atomic E-state index is -3.45. The summed E-state index contributed by atoms with van der Waals surface area (Å²) in [5.41, 5.74) is 0.535. The molecule has 0 unspecified atom stereocenters. The van der Waals surface area contributed by atoms with Crippen molar-refractivity contribution >= 4 is 10.0 Å². The Balaban J connectivity index is 2.84. The smallest absolute Gasteiger partial charge is 0.241 e. The van der Waals surface area contributed by atoms with Crippen LogP contribution >= 0.6 is 0 Å². The number of rotatable bonds is 5. The Labute approximate surface area is 109 Å². The summed E-state index contributed by atoms with van der Waals surface area (Å²) in [7, 11) is -3.45. The zero-order valence-corrected chi connectivity index (χ0v) is 11.9. The molecule has 0 aliphatic heterocycles. The lowest BCUT2D eigenvalue weighted by molar-refractivity contribution is 0.288. The third-order valence-electron chi connectivity index (χ3n) is 2.30. The van der Waals surface area contributed by atoms with Gasteiger partial charge in [0.2, 0.25) is 10.0 Å². The van der Waals surface area contributed by atoms with Crippen LogP contribution in [0.2, 0.25) is 0 Å². The first-order chi connectivity index (χ1) is 8.24. The van der Waals surface area contributed by atoms with E-state index in [0.29, 0.717) is 6.42 Å². The Morgan fingerprint density at radius 1 is 1.17 bits per heavy atom. The molecule has 0 spiro atoms. The van der Waals surface area contributed by atoms with Gasteiger partial charge >= 0.3 is 0 Å². The molecule has 0 aliphatic carbocycles. The van der Waals surface area contributed by atoms with Gasteiger partial charge in [0.1, 0.15) is 0 Å². The highest BCUT2D eigenvalue weighted by Gasteiger charge is 2.21. The Kier molecular flexibility index (Phi) is 4.90. The van der Waals surface area contributed by atoms with Gasteiger partial charge in [-0.15, -0.1) is 0 Å². The molecule has 0 saturated carbocycles. The molecule has 18 heavy (non-hydrogen) atoms. The van der Waals surface area contributed by atoms with Crippen molar-refractivity contribution in [3.05, 3.63) is 29.8 Å². The van der Waals surface area contributed by atoms with Crippen LogP contribution in [0.15, 0.2) is 29.2 Å². The van der Waals surface area contributed by atoms with E-state index in [2.05, 4.69) is 4.72 Å². The standard InChI is InChI=1S/C13H21NO3S/c1-13(2,3)14-18(16,17)12-8-6-11(7-9-12)5-4-10-15/h6-9,14-15H,4-5,10H2,1-3H3. The highest BCUT2D eigenvalue weighted by atomic mass is 32.2. The lowest BCUT2D eigenvalue weighted by Gasteiger charge is -2.20. The van der Waals surface area contributed by atoms with Crippen LogP contribution in [0.4, 0.5) is 0 Å². The molecule has 5 heteroatoms. The van der Waals surface area contributed by atoms with Gasteiger partial charge in [0.25, 0.3) is 0 Å². The lowest BCUT2D eigenvalue weighted by atomic mass is 10.1. The molecule has 0 amide bonds. The van der Waals surface area contributed by atoms with Gasteiger partial charge in [-0.1, -0.05) is 12.1 Å². The molecule has 0 radical (unpaired) electrons. The number of nitrogens with one attached hydrogen (secondary N) is 1. The van der Waals surface area contributed by atoms with E-state index in [9.17, 15) is 8.42 Å². The molecular formula is C13H21NO3S. The van der Waals surface area contributed by atoms with E-state index in [0.717, 1.165) is 12.0 Å². The molecule has 1 rings (SSSR count). The van der Waals surface area contributed by atoms with E-state index in [1.165, 1.54) is 0 Å². The first-order valence-electron chi connectivity index (χ1n) is 5.98. The second-order valence-electron chi connectivity index (χ2n) is 5.33. The van der Waals surface area contributed by atoms with E-state index >= 15 is 0 Å². The first-order valence-corrected chi connectivity index (χ1v) is 7.47. The maximum Gasteiger partial charge on any atom is 0.241 e. The lowest BCUT2D eigenvalue weighted by Crippen LogP contribution is -2.40. The van der Waals surface area contributed by atoms with Crippen LogP contribution in [0.1, 0.15) is 32.8 Å². The topological polar surface area (TPSA) is 66.4 Å². The van der Waals surface area contributed by atoms with Crippen LogP contribution < -0.4 is 4.72 Å². The van der Waals surface area contributed by atoms with Crippen molar-refractivity contribution in [2.45, 2.75) is 44.0 Å². The van der Waals surface area contributed by atoms with Crippen molar-refractivity contribution in [2.24, 2.45) is 0 Å². The molecule has 2 N–H and O–H groups in total. The monoisotopic (exact) mass is 271 g/mol. The maximum absolute atomic E-state index is 12.0. The molecule has 0 saturated heterocycles. The number of hydrogen-bond donors (Lipinski definition) is 2. The summed E-state index contributed by atoms with van der Waals surface area (Å²) < 4.78 is 26.7. The summed E-state index contributed by atoms with van der Waals surface area (Å²) in [6.45, 7) is 5.56. The number of aryl methyl sites for hydroxylation is 1. The summed E-state index contributed by atoms with van der Waals surface area (Å²) in [5.74, 6) is 0. The minimum Gasteiger partial charge on any atom is -0.396 e. The molecule has 0 atom stereocenters. The van der Waals surface area contributed by atoms with Crippen molar-refractivity contribution in [1.29, 1.82) is 0 Å². The van der Waals surface area contributed by atoms with E-state index in [-0.39, 0.29) is 11.5 Å². The molecule has 0 aliphatic rings. The van der Waals surface area contributed by atoms with Gasteiger partial charge in [-0.25, -0.2) is 13.1 Å². The molecule has 0 fully saturated rings. The summed E-state index contributed by atoms with van der Waals surface area (Å²) >= 11 is 0. The molecule has 1 aromatic rings. The second-order valence-corrected chi connectivity index (χ2v) is 7.01. The van der Waals surface area contributed by atoms with Crippen LogP contribution in [-0.4, -0.2) is 25.7 Å². The Bertz CT molecular complexity index is 472. The molecule has 0 bridgehead atoms. The molecule has 4 nitrogen and oxygen atoms in total. The highest BCUT2D eigenvalue weighted by molar-refractivity contribution is 7.89. The van der Waals surface area contributed by atoms with Gasteiger partial charge in [-0.05, 0) is 51.3 Å². The summed E-state index contributed by atoms with van der Waals surface area (Å²) in [5, 5.41) is 8.73. The van der Waals surface area contributed by atoms with Crippen LogP contribution in [0, 0.1) is 0 Å². The SMILES string of the molecule is CC(C)(C)NS(=O)(=O)c1ccc(CCCO)cc1. The van der Waals surface area contributed by atoms with E-state index in [4.69, 9.17) is 5.11 Å². The van der Waals surface area contributed by atoms with Crippen molar-refractivity contribution in [2.75, 3.05) is 6.61 Å². The highest BCUT2D eigenvalue weighted by Crippen LogP contribution is 2.14. The Morgan fingerprint density at radius 3 is 2.17 bits per heavy atom. The molecule has 102 valence electrons. The first kappa shape index (κ1) is 15.1. The van der Waals surface area contributed by atoms with Crippen molar-refractivity contribution in [3.8, 4) is 0 Å². The van der Waals surface area contributed by atoms with Crippen LogP contribution in [0.5, 0.6) is 0 Å². The summed E-state index contributed by atoms with van der Waals surface area (Å²) in [6.07, 6.45) is 1.44. The van der Waals surface area contributed by atoms with Gasteiger partial charge in [0.05, 0.1) is 4.90 Å². The van der Waals surface area contributed by atoms with Crippen molar-refractivity contribution in [1.82, 2.24) is 4.72 Å². The fourth-order valence-electron chi connectivity index (χ4n) is 1.58. The zero-order chi connectivity index (χ0) is 13.8. The van der Waals surface area contributed by atoms with Crippen LogP contribution in [0.25, 0.3) is 0 Å². The Hall–Kier alpha value is -0.910. The molecule has 0 aromatic heterocycles. The van der Waals surface area contributed by atoms with Gasteiger partial charge in [-0.3, -0.25) is 0 Å².